The maximum absolute atomic E-state index is 4.26. The molecular weight excluding hydrogens is 233 g/mol. The molecule has 0 aliphatic heterocycles. The van der Waals surface area contributed by atoms with Crippen LogP contribution >= 0.6 is 35.2 Å². The third-order valence-corrected chi connectivity index (χ3v) is 1.26. The molecule has 0 aliphatic rings. The minimum atomic E-state index is 0.479. The number of hydrogen-bond acceptors (Lipinski definition) is 1. The molecule has 0 rings (SSSR count). The molecule has 0 amide bonds. The molecule has 1 atom stereocenters. The van der Waals surface area contributed by atoms with Gasteiger partial charge in [0, 0.05) is 0 Å². The predicted molar refractivity (Wildman–Crippen MR) is 49.7 cm³/mol. The Morgan fingerprint density at radius 3 is 1.88 bits per heavy atom. The first kappa shape index (κ1) is 9.04. The van der Waals surface area contributed by atoms with Crippen LogP contribution in [0, 0.1) is 0 Å². The molecule has 0 saturated heterocycles. The Bertz CT molecular complexity index is 67.3. The van der Waals surface area contributed by atoms with Crippen molar-refractivity contribution in [3.63, 3.8) is 0 Å². The van der Waals surface area contributed by atoms with Crippen molar-refractivity contribution in [3.8, 4) is 0 Å². The third-order valence-electron chi connectivity index (χ3n) is 0.698. The third kappa shape index (κ3) is 7.04. The highest BCUT2D eigenvalue weighted by atomic mass is 127. The van der Waals surface area contributed by atoms with E-state index in [1.165, 1.54) is 0 Å². The van der Waals surface area contributed by atoms with Crippen LogP contribution in [0.2, 0.25) is 0 Å². The van der Waals surface area contributed by atoms with E-state index in [4.69, 9.17) is 0 Å². The van der Waals surface area contributed by atoms with E-state index >= 15 is 0 Å². The van der Waals surface area contributed by atoms with E-state index in [-0.39, 0.29) is 0 Å². The highest BCUT2D eigenvalue weighted by Crippen LogP contribution is 2.08. The monoisotopic (exact) mass is 246 g/mol. The van der Waals surface area contributed by atoms with Gasteiger partial charge in [-0.05, 0) is 0 Å². The summed E-state index contributed by atoms with van der Waals surface area (Å²) in [6, 6.07) is 0. The van der Waals surface area contributed by atoms with Crippen LogP contribution in [0.1, 0.15) is 0 Å². The molecular formula is C5H13INS+. The lowest BCUT2D eigenvalue weighted by atomic mass is 10.6. The largest absolute Gasteiger partial charge is 0.329 e. The molecule has 1 nitrogen and oxygen atoms in total. The summed E-state index contributed by atoms with van der Waals surface area (Å²) in [5.74, 6) is 0. The molecule has 0 heterocycles. The van der Waals surface area contributed by atoms with Crippen molar-refractivity contribution in [2.45, 2.75) is 3.26 Å². The van der Waals surface area contributed by atoms with E-state index in [0.717, 1.165) is 11.0 Å². The minimum absolute atomic E-state index is 0.479. The Hall–Kier alpha value is 1.04. The van der Waals surface area contributed by atoms with E-state index in [2.05, 4.69) is 56.4 Å². The van der Waals surface area contributed by atoms with Gasteiger partial charge in [-0.15, -0.1) is 0 Å². The molecule has 0 aromatic rings. The lowest BCUT2D eigenvalue weighted by molar-refractivity contribution is -0.868. The first-order valence-electron chi connectivity index (χ1n) is 2.54. The van der Waals surface area contributed by atoms with Crippen LogP contribution < -0.4 is 0 Å². The molecule has 0 fully saturated rings. The second-order valence-electron chi connectivity index (χ2n) is 2.91. The highest BCUT2D eigenvalue weighted by Gasteiger charge is 2.09. The maximum Gasteiger partial charge on any atom is 0.102 e. The molecule has 3 heteroatoms. The number of nitrogens with zero attached hydrogens (tertiary/aromatic N) is 1. The number of rotatable bonds is 2. The summed E-state index contributed by atoms with van der Waals surface area (Å²) in [7, 11) is 6.51. The highest BCUT2D eigenvalue weighted by molar-refractivity contribution is 14.1. The fourth-order valence-corrected chi connectivity index (χ4v) is 2.12. The molecule has 0 aliphatic carbocycles. The van der Waals surface area contributed by atoms with Crippen molar-refractivity contribution in [3.05, 3.63) is 0 Å². The molecule has 0 spiro atoms. The summed E-state index contributed by atoms with van der Waals surface area (Å²) in [4.78, 5) is 0. The smallest absolute Gasteiger partial charge is 0.102 e. The van der Waals surface area contributed by atoms with Crippen LogP contribution in [0.5, 0.6) is 0 Å². The Kier molecular flexibility index (Phi) is 3.69. The zero-order valence-corrected chi connectivity index (χ0v) is 8.61. The topological polar surface area (TPSA) is 0 Å². The summed E-state index contributed by atoms with van der Waals surface area (Å²) in [6.45, 7) is 1.11. The number of quaternary nitrogens is 1. The van der Waals surface area contributed by atoms with Crippen LogP contribution in [0.4, 0.5) is 0 Å². The summed E-state index contributed by atoms with van der Waals surface area (Å²) in [6.07, 6.45) is 0. The quantitative estimate of drug-likeness (QED) is 0.323. The molecule has 0 radical (unpaired) electrons. The summed E-state index contributed by atoms with van der Waals surface area (Å²) in [5, 5.41) is 0. The Morgan fingerprint density at radius 2 is 1.88 bits per heavy atom. The van der Waals surface area contributed by atoms with Crippen LogP contribution in [-0.4, -0.2) is 35.4 Å². The van der Waals surface area contributed by atoms with Gasteiger partial charge in [-0.25, -0.2) is 0 Å². The van der Waals surface area contributed by atoms with E-state index < -0.39 is 0 Å². The van der Waals surface area contributed by atoms with Crippen molar-refractivity contribution in [2.24, 2.45) is 0 Å². The van der Waals surface area contributed by atoms with Gasteiger partial charge in [0.1, 0.15) is 3.26 Å². The lowest BCUT2D eigenvalue weighted by Gasteiger charge is -2.24. The average molecular weight is 246 g/mol. The van der Waals surface area contributed by atoms with E-state index in [9.17, 15) is 0 Å². The zero-order chi connectivity index (χ0) is 6.78. The molecule has 0 N–H and O–H groups in total. The fourth-order valence-electron chi connectivity index (χ4n) is 0.452. The van der Waals surface area contributed by atoms with Gasteiger partial charge in [-0.2, -0.15) is 12.6 Å². The molecule has 8 heavy (non-hydrogen) atoms. The van der Waals surface area contributed by atoms with Crippen LogP contribution in [0.25, 0.3) is 0 Å². The normalized spacial score (nSPS) is 16.1. The van der Waals surface area contributed by atoms with Crippen molar-refractivity contribution < 1.29 is 4.48 Å². The maximum atomic E-state index is 4.26. The molecule has 0 bridgehead atoms. The number of halogens is 1. The Labute approximate surface area is 70.6 Å². The van der Waals surface area contributed by atoms with Gasteiger partial charge in [0.05, 0.1) is 27.7 Å². The lowest BCUT2D eigenvalue weighted by Crippen LogP contribution is -2.38. The van der Waals surface area contributed by atoms with Crippen molar-refractivity contribution in [1.29, 1.82) is 0 Å². The summed E-state index contributed by atoms with van der Waals surface area (Å²) < 4.78 is 1.48. The SMILES string of the molecule is C[N+](C)(C)CC(S)I. The van der Waals surface area contributed by atoms with E-state index in [0.29, 0.717) is 3.26 Å². The Balaban J connectivity index is 3.39. The van der Waals surface area contributed by atoms with Gasteiger partial charge in [0.2, 0.25) is 0 Å². The average Bonchev–Trinajstić information content (AvgIpc) is 1.21. The van der Waals surface area contributed by atoms with Crippen LogP contribution in [-0.2, 0) is 0 Å². The summed E-state index contributed by atoms with van der Waals surface area (Å²) in [5.41, 5.74) is 0. The van der Waals surface area contributed by atoms with Crippen molar-refractivity contribution >= 4 is 35.2 Å². The first-order valence-corrected chi connectivity index (χ1v) is 4.30. The number of alkyl halides is 1. The van der Waals surface area contributed by atoms with Crippen LogP contribution in [0.3, 0.4) is 0 Å². The van der Waals surface area contributed by atoms with E-state index in [1.54, 1.807) is 0 Å². The standard InChI is InChI=1S/C5H12INS/c1-7(2,3)4-5(6)8/h5H,4H2,1-3H3/p+1. The Morgan fingerprint density at radius 1 is 1.50 bits per heavy atom. The van der Waals surface area contributed by atoms with Gasteiger partial charge in [-0.1, -0.05) is 22.6 Å². The minimum Gasteiger partial charge on any atom is -0.329 e. The molecule has 0 aromatic carbocycles. The number of hydrogen-bond donors (Lipinski definition) is 1. The van der Waals surface area contributed by atoms with Gasteiger partial charge in [-0.3, -0.25) is 0 Å². The number of thiol groups is 1. The predicted octanol–water partition coefficient (Wildman–Crippen LogP) is 1.38. The van der Waals surface area contributed by atoms with Gasteiger partial charge in [0.15, 0.2) is 0 Å². The molecule has 1 unspecified atom stereocenters. The van der Waals surface area contributed by atoms with Crippen molar-refractivity contribution in [1.82, 2.24) is 0 Å². The van der Waals surface area contributed by atoms with Crippen LogP contribution in [0.15, 0.2) is 0 Å². The first-order chi connectivity index (χ1) is 3.42. The molecule has 50 valence electrons. The van der Waals surface area contributed by atoms with Gasteiger partial charge < -0.3 is 4.48 Å². The van der Waals surface area contributed by atoms with Gasteiger partial charge in [0.25, 0.3) is 0 Å². The zero-order valence-electron chi connectivity index (χ0n) is 5.56. The summed E-state index contributed by atoms with van der Waals surface area (Å²) >= 11 is 6.58. The second kappa shape index (κ2) is 3.27. The van der Waals surface area contributed by atoms with Gasteiger partial charge >= 0.3 is 0 Å². The van der Waals surface area contributed by atoms with E-state index in [1.807, 2.05) is 0 Å². The van der Waals surface area contributed by atoms with Crippen molar-refractivity contribution in [2.75, 3.05) is 27.7 Å². The fraction of sp³-hybridized carbons (Fsp3) is 1.00. The molecule has 0 saturated carbocycles. The molecule has 0 aromatic heterocycles. The second-order valence-corrected chi connectivity index (χ2v) is 6.02.